The number of rotatable bonds is 56. The first-order chi connectivity index (χ1) is 40.5. The monoisotopic (exact) mass is 1120 g/mol. The SMILES string of the molecule is CC/C=C\C/C=C\C/C=C\C/C=C\C/C=C\C/C=C\C/C=C\C/C=C\C/C=C\CCCCCC(=O)OCC(COC(=O)CCCCCCCC)OC(=O)CCCCCCC/C=C\C/C=C\C/C=C\C/C=C\C/C=C\C/C=C\C/C=C\CC. The molecule has 0 fully saturated rings. The molecule has 0 saturated carbocycles. The first kappa shape index (κ1) is 76.2. The van der Waals surface area contributed by atoms with E-state index in [-0.39, 0.29) is 37.5 Å². The summed E-state index contributed by atoms with van der Waals surface area (Å²) < 4.78 is 16.8. The Morgan fingerprint density at radius 1 is 0.256 bits per heavy atom. The number of allylic oxidation sites excluding steroid dienone is 32. The third kappa shape index (κ3) is 65.1. The summed E-state index contributed by atoms with van der Waals surface area (Å²) in [6.07, 6.45) is 103. The summed E-state index contributed by atoms with van der Waals surface area (Å²) in [5.41, 5.74) is 0. The van der Waals surface area contributed by atoms with Crippen molar-refractivity contribution in [1.29, 1.82) is 0 Å². The molecule has 0 aliphatic heterocycles. The number of ether oxygens (including phenoxy) is 3. The fraction of sp³-hybridized carbons (Fsp3) is 0.539. The molecule has 0 aromatic rings. The van der Waals surface area contributed by atoms with Crippen molar-refractivity contribution in [2.24, 2.45) is 0 Å². The van der Waals surface area contributed by atoms with Gasteiger partial charge in [-0.1, -0.05) is 273 Å². The molecule has 0 aliphatic carbocycles. The Balaban J connectivity index is 4.28. The molecule has 0 radical (unpaired) electrons. The minimum atomic E-state index is -0.812. The number of unbranched alkanes of at least 4 members (excludes halogenated alkanes) is 13. The number of hydrogen-bond donors (Lipinski definition) is 0. The second kappa shape index (κ2) is 67.8. The van der Waals surface area contributed by atoms with Crippen molar-refractivity contribution < 1.29 is 28.6 Å². The standard InChI is InChI=1S/C76H116O6/c1-4-7-10-13-16-18-20-22-24-26-28-30-32-34-36-37-38-39-41-42-44-46-48-50-52-54-56-58-60-63-66-69-75(78)81-72-73(71-80-74(77)68-65-62-15-12-9-6-3)82-76(79)70-67-64-61-59-57-55-53-51-49-47-45-43-40-35-33-31-29-27-25-23-21-19-17-14-11-8-5-2/h7-8,10-11,16-19,22-25,28-31,34-36,38-40,42,44-45,47-48,50-51,53-54,56,73H,4-6,9,12-15,20-21,26-27,32-33,37,41,43,46,49,52,55,57-72H2,1-3H3/b10-7-,11-8-,18-16-,19-17-,24-22-,25-23-,30-28-,31-29-,36-34-,39-38-,40-35-,44-42-,47-45-,50-48-,53-51-,56-54-. The highest BCUT2D eigenvalue weighted by Gasteiger charge is 2.19. The minimum absolute atomic E-state index is 0.107. The molecule has 6 heteroatoms. The average molecular weight is 1130 g/mol. The predicted molar refractivity (Wildman–Crippen MR) is 357 cm³/mol. The molecule has 0 rings (SSSR count). The van der Waals surface area contributed by atoms with Crippen LogP contribution in [0.3, 0.4) is 0 Å². The summed E-state index contributed by atoms with van der Waals surface area (Å²) in [5, 5.41) is 0. The molecule has 0 aromatic carbocycles. The van der Waals surface area contributed by atoms with Crippen LogP contribution < -0.4 is 0 Å². The lowest BCUT2D eigenvalue weighted by Crippen LogP contribution is -2.30. The van der Waals surface area contributed by atoms with Gasteiger partial charge in [0.2, 0.25) is 0 Å². The summed E-state index contributed by atoms with van der Waals surface area (Å²) in [5.74, 6) is -0.981. The quantitative estimate of drug-likeness (QED) is 0.0261. The highest BCUT2D eigenvalue weighted by atomic mass is 16.6. The van der Waals surface area contributed by atoms with Crippen molar-refractivity contribution in [3.63, 3.8) is 0 Å². The molecule has 6 nitrogen and oxygen atoms in total. The molecule has 0 heterocycles. The van der Waals surface area contributed by atoms with Crippen molar-refractivity contribution in [3.8, 4) is 0 Å². The molecular weight excluding hydrogens is 1010 g/mol. The average Bonchev–Trinajstić information content (AvgIpc) is 3.47. The summed E-state index contributed by atoms with van der Waals surface area (Å²) in [4.78, 5) is 38.0. The molecule has 1 atom stereocenters. The number of esters is 3. The number of hydrogen-bond acceptors (Lipinski definition) is 6. The summed E-state index contributed by atoms with van der Waals surface area (Å²) in [6, 6.07) is 0. The normalized spacial score (nSPS) is 13.5. The molecule has 0 N–H and O–H groups in total. The van der Waals surface area contributed by atoms with Gasteiger partial charge in [-0.15, -0.1) is 0 Å². The van der Waals surface area contributed by atoms with E-state index in [1.54, 1.807) is 0 Å². The predicted octanol–water partition coefficient (Wildman–Crippen LogP) is 22.6. The van der Waals surface area contributed by atoms with Gasteiger partial charge >= 0.3 is 17.9 Å². The maximum Gasteiger partial charge on any atom is 0.306 e. The van der Waals surface area contributed by atoms with Gasteiger partial charge in [0.25, 0.3) is 0 Å². The van der Waals surface area contributed by atoms with E-state index < -0.39 is 6.10 Å². The molecular formula is C76H116O6. The van der Waals surface area contributed by atoms with Gasteiger partial charge in [-0.25, -0.2) is 0 Å². The van der Waals surface area contributed by atoms with E-state index in [0.29, 0.717) is 12.8 Å². The Hall–Kier alpha value is -5.75. The Labute approximate surface area is 503 Å². The number of carbonyl (C=O) groups is 3. The zero-order valence-corrected chi connectivity index (χ0v) is 52.2. The van der Waals surface area contributed by atoms with Crippen molar-refractivity contribution in [1.82, 2.24) is 0 Å². The lowest BCUT2D eigenvalue weighted by molar-refractivity contribution is -0.167. The first-order valence-electron chi connectivity index (χ1n) is 32.4. The van der Waals surface area contributed by atoms with Crippen LogP contribution in [0.2, 0.25) is 0 Å². The van der Waals surface area contributed by atoms with E-state index in [1.165, 1.54) is 19.3 Å². The van der Waals surface area contributed by atoms with Crippen LogP contribution in [0.25, 0.3) is 0 Å². The van der Waals surface area contributed by atoms with Gasteiger partial charge in [0.05, 0.1) is 0 Å². The van der Waals surface area contributed by atoms with E-state index >= 15 is 0 Å². The second-order valence-electron chi connectivity index (χ2n) is 20.6. The van der Waals surface area contributed by atoms with E-state index in [1.807, 2.05) is 0 Å². The van der Waals surface area contributed by atoms with Gasteiger partial charge in [-0.3, -0.25) is 14.4 Å². The van der Waals surface area contributed by atoms with Crippen LogP contribution >= 0.6 is 0 Å². The molecule has 1 unspecified atom stereocenters. The van der Waals surface area contributed by atoms with E-state index in [9.17, 15) is 14.4 Å². The molecule has 0 saturated heterocycles. The lowest BCUT2D eigenvalue weighted by atomic mass is 10.1. The topological polar surface area (TPSA) is 78.9 Å². The summed E-state index contributed by atoms with van der Waals surface area (Å²) >= 11 is 0. The zero-order chi connectivity index (χ0) is 59.2. The summed E-state index contributed by atoms with van der Waals surface area (Å²) in [6.45, 7) is 6.29. The first-order valence-corrected chi connectivity index (χ1v) is 32.4. The van der Waals surface area contributed by atoms with Gasteiger partial charge in [-0.05, 0) is 148 Å². The molecule has 0 bridgehead atoms. The van der Waals surface area contributed by atoms with Crippen LogP contribution in [0, 0.1) is 0 Å². The molecule has 82 heavy (non-hydrogen) atoms. The van der Waals surface area contributed by atoms with Crippen LogP contribution in [0.1, 0.15) is 245 Å². The van der Waals surface area contributed by atoms with Gasteiger partial charge in [-0.2, -0.15) is 0 Å². The maximum absolute atomic E-state index is 12.9. The molecule has 456 valence electrons. The zero-order valence-electron chi connectivity index (χ0n) is 52.2. The van der Waals surface area contributed by atoms with Crippen LogP contribution in [-0.2, 0) is 28.6 Å². The smallest absolute Gasteiger partial charge is 0.306 e. The fourth-order valence-electron chi connectivity index (χ4n) is 8.06. The van der Waals surface area contributed by atoms with Gasteiger partial charge in [0.1, 0.15) is 13.2 Å². The van der Waals surface area contributed by atoms with Crippen LogP contribution in [-0.4, -0.2) is 37.2 Å². The Morgan fingerprint density at radius 2 is 0.476 bits per heavy atom. The highest BCUT2D eigenvalue weighted by Crippen LogP contribution is 2.13. The molecule has 0 aliphatic rings. The van der Waals surface area contributed by atoms with Crippen LogP contribution in [0.5, 0.6) is 0 Å². The van der Waals surface area contributed by atoms with Gasteiger partial charge in [0.15, 0.2) is 6.10 Å². The van der Waals surface area contributed by atoms with Crippen LogP contribution in [0.4, 0.5) is 0 Å². The van der Waals surface area contributed by atoms with E-state index in [0.717, 1.165) is 186 Å². The molecule has 0 aromatic heterocycles. The van der Waals surface area contributed by atoms with Crippen molar-refractivity contribution in [2.45, 2.75) is 252 Å². The lowest BCUT2D eigenvalue weighted by Gasteiger charge is -2.18. The third-order valence-corrected chi connectivity index (χ3v) is 12.8. The Bertz CT molecular complexity index is 1970. The van der Waals surface area contributed by atoms with E-state index in [4.69, 9.17) is 14.2 Å². The second-order valence-corrected chi connectivity index (χ2v) is 20.6. The third-order valence-electron chi connectivity index (χ3n) is 12.8. The summed E-state index contributed by atoms with van der Waals surface area (Å²) in [7, 11) is 0. The largest absolute Gasteiger partial charge is 0.462 e. The van der Waals surface area contributed by atoms with Crippen LogP contribution in [0.15, 0.2) is 194 Å². The Morgan fingerprint density at radius 3 is 0.756 bits per heavy atom. The van der Waals surface area contributed by atoms with Gasteiger partial charge < -0.3 is 14.2 Å². The Kier molecular flexibility index (Phi) is 63.0. The van der Waals surface area contributed by atoms with Crippen molar-refractivity contribution in [3.05, 3.63) is 194 Å². The fourth-order valence-corrected chi connectivity index (χ4v) is 8.06. The van der Waals surface area contributed by atoms with Crippen molar-refractivity contribution >= 4 is 17.9 Å². The maximum atomic E-state index is 12.9. The molecule has 0 spiro atoms. The van der Waals surface area contributed by atoms with Crippen molar-refractivity contribution in [2.75, 3.05) is 13.2 Å². The minimum Gasteiger partial charge on any atom is -0.462 e. The van der Waals surface area contributed by atoms with Gasteiger partial charge in [0, 0.05) is 19.3 Å². The van der Waals surface area contributed by atoms with E-state index in [2.05, 4.69) is 215 Å². The number of carbonyl (C=O) groups excluding carboxylic acids is 3. The molecule has 0 amide bonds. The highest BCUT2D eigenvalue weighted by molar-refractivity contribution is 5.71.